The number of nitrogens with zero attached hydrogens (tertiary/aromatic N) is 1. The molecule has 1 heteroatoms. The van der Waals surface area contributed by atoms with Crippen molar-refractivity contribution < 1.29 is 0 Å². The van der Waals surface area contributed by atoms with E-state index in [1.807, 2.05) is 25.1 Å². The van der Waals surface area contributed by atoms with Crippen molar-refractivity contribution in [3.05, 3.63) is 114 Å². The lowest BCUT2D eigenvalue weighted by atomic mass is 9.87. The van der Waals surface area contributed by atoms with Crippen molar-refractivity contribution >= 4 is 11.4 Å². The van der Waals surface area contributed by atoms with Crippen molar-refractivity contribution in [2.24, 2.45) is 4.99 Å². The molecule has 0 spiro atoms. The molecule has 2 aromatic carbocycles. The predicted octanol–water partition coefficient (Wildman–Crippen LogP) is 6.71. The highest BCUT2D eigenvalue weighted by Crippen LogP contribution is 2.31. The van der Waals surface area contributed by atoms with E-state index in [2.05, 4.69) is 74.7 Å². The topological polar surface area (TPSA) is 12.4 Å². The maximum Gasteiger partial charge on any atom is 0.0633 e. The SMILES string of the molecule is C=C(C)C1=CC(c2cccc(C(=C)/N=C(\C)c3ccccc3)c2)CC=C1. The van der Waals surface area contributed by atoms with E-state index >= 15 is 0 Å². The summed E-state index contributed by atoms with van der Waals surface area (Å²) in [6.07, 6.45) is 7.71. The molecule has 0 aromatic heterocycles. The summed E-state index contributed by atoms with van der Waals surface area (Å²) in [4.78, 5) is 4.73. The van der Waals surface area contributed by atoms with Crippen LogP contribution < -0.4 is 0 Å². The molecule has 0 amide bonds. The monoisotopic (exact) mass is 339 g/mol. The van der Waals surface area contributed by atoms with Crippen LogP contribution in [0.1, 0.15) is 42.9 Å². The lowest BCUT2D eigenvalue weighted by Crippen LogP contribution is -2.01. The van der Waals surface area contributed by atoms with Crippen LogP contribution in [-0.2, 0) is 0 Å². The summed E-state index contributed by atoms with van der Waals surface area (Å²) in [5.74, 6) is 0.374. The number of hydrogen-bond acceptors (Lipinski definition) is 1. The zero-order valence-corrected chi connectivity index (χ0v) is 15.6. The van der Waals surface area contributed by atoms with Gasteiger partial charge in [0.2, 0.25) is 0 Å². The van der Waals surface area contributed by atoms with Crippen LogP contribution in [0, 0.1) is 0 Å². The Balaban J connectivity index is 1.84. The maximum atomic E-state index is 4.73. The fourth-order valence-corrected chi connectivity index (χ4v) is 3.16. The highest BCUT2D eigenvalue weighted by Gasteiger charge is 2.13. The molecule has 1 atom stereocenters. The highest BCUT2D eigenvalue weighted by molar-refractivity contribution is 6.01. The first-order valence-electron chi connectivity index (χ1n) is 8.99. The fraction of sp³-hybridized carbons (Fsp3) is 0.160. The van der Waals surface area contributed by atoms with E-state index in [0.29, 0.717) is 5.92 Å². The third-order valence-electron chi connectivity index (χ3n) is 4.70. The number of aliphatic imine (C=N–C) groups is 1. The van der Waals surface area contributed by atoms with Crippen LogP contribution in [0.5, 0.6) is 0 Å². The van der Waals surface area contributed by atoms with Gasteiger partial charge in [-0.05, 0) is 48.6 Å². The van der Waals surface area contributed by atoms with E-state index in [-0.39, 0.29) is 0 Å². The van der Waals surface area contributed by atoms with Gasteiger partial charge < -0.3 is 0 Å². The van der Waals surface area contributed by atoms with Crippen molar-refractivity contribution in [1.82, 2.24) is 0 Å². The van der Waals surface area contributed by atoms with Crippen LogP contribution >= 0.6 is 0 Å². The van der Waals surface area contributed by atoms with Gasteiger partial charge in [-0.1, -0.05) is 85.5 Å². The Labute approximate surface area is 156 Å². The quantitative estimate of drug-likeness (QED) is 0.537. The summed E-state index contributed by atoms with van der Waals surface area (Å²) in [6, 6.07) is 18.8. The van der Waals surface area contributed by atoms with E-state index < -0.39 is 0 Å². The molecule has 0 radical (unpaired) electrons. The Bertz CT molecular complexity index is 910. The zero-order valence-electron chi connectivity index (χ0n) is 15.6. The molecular formula is C25H25N. The van der Waals surface area contributed by atoms with Crippen LogP contribution in [-0.4, -0.2) is 5.71 Å². The smallest absolute Gasteiger partial charge is 0.0633 e. The van der Waals surface area contributed by atoms with Gasteiger partial charge in [0, 0.05) is 11.6 Å². The van der Waals surface area contributed by atoms with Gasteiger partial charge in [-0.15, -0.1) is 0 Å². The maximum absolute atomic E-state index is 4.73. The predicted molar refractivity (Wildman–Crippen MR) is 114 cm³/mol. The van der Waals surface area contributed by atoms with Crippen molar-refractivity contribution in [2.45, 2.75) is 26.2 Å². The zero-order chi connectivity index (χ0) is 18.5. The molecule has 1 unspecified atom stereocenters. The fourth-order valence-electron chi connectivity index (χ4n) is 3.16. The summed E-state index contributed by atoms with van der Waals surface area (Å²) in [7, 11) is 0. The largest absolute Gasteiger partial charge is 0.253 e. The second-order valence-corrected chi connectivity index (χ2v) is 6.78. The molecule has 0 saturated heterocycles. The molecule has 3 rings (SSSR count). The summed E-state index contributed by atoms with van der Waals surface area (Å²) < 4.78 is 0. The normalized spacial score (nSPS) is 16.9. The molecule has 130 valence electrons. The third-order valence-corrected chi connectivity index (χ3v) is 4.70. The summed E-state index contributed by atoms with van der Waals surface area (Å²) in [5, 5.41) is 0. The second-order valence-electron chi connectivity index (χ2n) is 6.78. The number of allylic oxidation sites excluding steroid dienone is 5. The molecule has 26 heavy (non-hydrogen) atoms. The summed E-state index contributed by atoms with van der Waals surface area (Å²) in [5.41, 5.74) is 7.58. The minimum atomic E-state index is 0.374. The second kappa shape index (κ2) is 7.97. The van der Waals surface area contributed by atoms with Crippen LogP contribution in [0.4, 0.5) is 0 Å². The molecule has 1 aliphatic rings. The average Bonchev–Trinajstić information content (AvgIpc) is 2.68. The molecule has 0 saturated carbocycles. The van der Waals surface area contributed by atoms with E-state index in [1.54, 1.807) is 0 Å². The van der Waals surface area contributed by atoms with E-state index in [0.717, 1.165) is 34.5 Å². The van der Waals surface area contributed by atoms with Crippen LogP contribution in [0.3, 0.4) is 0 Å². The van der Waals surface area contributed by atoms with Gasteiger partial charge in [0.05, 0.1) is 5.70 Å². The van der Waals surface area contributed by atoms with E-state index in [1.165, 1.54) is 11.1 Å². The van der Waals surface area contributed by atoms with Crippen molar-refractivity contribution in [2.75, 3.05) is 0 Å². The van der Waals surface area contributed by atoms with Gasteiger partial charge in [-0.3, -0.25) is 4.99 Å². The number of hydrogen-bond donors (Lipinski definition) is 0. The lowest BCUT2D eigenvalue weighted by molar-refractivity contribution is 0.844. The molecule has 0 bridgehead atoms. The van der Waals surface area contributed by atoms with Gasteiger partial charge in [-0.2, -0.15) is 0 Å². The van der Waals surface area contributed by atoms with E-state index in [9.17, 15) is 0 Å². The standard InChI is InChI=1S/C25H25N/c1-18(2)22-12-8-14-24(16-22)25-15-9-13-23(17-25)20(4)26-19(3)21-10-6-5-7-11-21/h5-13,15-17,24H,1,4,14H2,2-3H3/b26-19+. The Kier molecular flexibility index (Phi) is 5.48. The minimum Gasteiger partial charge on any atom is -0.253 e. The van der Waals surface area contributed by atoms with E-state index in [4.69, 9.17) is 4.99 Å². The first-order valence-corrected chi connectivity index (χ1v) is 8.99. The van der Waals surface area contributed by atoms with Crippen LogP contribution in [0.15, 0.2) is 102 Å². The number of rotatable bonds is 5. The van der Waals surface area contributed by atoms with Crippen LogP contribution in [0.25, 0.3) is 5.70 Å². The van der Waals surface area contributed by atoms with Crippen molar-refractivity contribution in [1.29, 1.82) is 0 Å². The Morgan fingerprint density at radius 2 is 1.69 bits per heavy atom. The third kappa shape index (κ3) is 4.18. The lowest BCUT2D eigenvalue weighted by Gasteiger charge is -2.18. The molecular weight excluding hydrogens is 314 g/mol. The molecule has 2 aromatic rings. The van der Waals surface area contributed by atoms with Crippen molar-refractivity contribution in [3.8, 4) is 0 Å². The Hall–Kier alpha value is -2.93. The molecule has 1 aliphatic carbocycles. The summed E-state index contributed by atoms with van der Waals surface area (Å²) >= 11 is 0. The summed E-state index contributed by atoms with van der Waals surface area (Å²) in [6.45, 7) is 12.3. The molecule has 0 N–H and O–H groups in total. The van der Waals surface area contributed by atoms with Gasteiger partial charge >= 0.3 is 0 Å². The highest BCUT2D eigenvalue weighted by atomic mass is 14.7. The molecule has 0 heterocycles. The van der Waals surface area contributed by atoms with Gasteiger partial charge in [0.1, 0.15) is 0 Å². The van der Waals surface area contributed by atoms with Gasteiger partial charge in [-0.25, -0.2) is 0 Å². The number of benzene rings is 2. The molecule has 0 aliphatic heterocycles. The van der Waals surface area contributed by atoms with Gasteiger partial charge in [0.15, 0.2) is 0 Å². The molecule has 1 nitrogen and oxygen atoms in total. The first-order chi connectivity index (χ1) is 12.5. The first kappa shape index (κ1) is 17.9. The molecule has 0 fully saturated rings. The Morgan fingerprint density at radius 1 is 0.962 bits per heavy atom. The van der Waals surface area contributed by atoms with Gasteiger partial charge in [0.25, 0.3) is 0 Å². The average molecular weight is 339 g/mol. The Morgan fingerprint density at radius 3 is 2.42 bits per heavy atom. The van der Waals surface area contributed by atoms with Crippen LogP contribution in [0.2, 0.25) is 0 Å². The minimum absolute atomic E-state index is 0.374. The van der Waals surface area contributed by atoms with Crippen molar-refractivity contribution in [3.63, 3.8) is 0 Å².